The molecule has 2 aromatic rings. The lowest BCUT2D eigenvalue weighted by Gasteiger charge is -2.32. The number of hydrogen-bond donors (Lipinski definition) is 2. The summed E-state index contributed by atoms with van der Waals surface area (Å²) in [5.74, 6) is -6.76. The standard InChI is InChI=1S/C21H20F5N3O3/c1-9-12(4-5-13(22)16(9)23)15-10(2)20(3,21(24,25)26)32-17(15)19(31)29-11-6-7-28-14(8-11)18(27)30/h4-8,10,15,17H,1-3H3,(H2,27,30)(H,28,29,31). The third kappa shape index (κ3) is 3.92. The van der Waals surface area contributed by atoms with Gasteiger partial charge in [-0.15, -0.1) is 0 Å². The molecule has 4 unspecified atom stereocenters. The highest BCUT2D eigenvalue weighted by molar-refractivity contribution is 5.97. The number of halogens is 5. The van der Waals surface area contributed by atoms with Crippen LogP contribution in [0.25, 0.3) is 0 Å². The summed E-state index contributed by atoms with van der Waals surface area (Å²) in [4.78, 5) is 28.0. The normalized spacial score (nSPS) is 25.6. The number of carbonyl (C=O) groups excluding carboxylic acids is 2. The quantitative estimate of drug-likeness (QED) is 0.682. The third-order valence-corrected chi connectivity index (χ3v) is 5.95. The molecule has 6 nitrogen and oxygen atoms in total. The molecule has 11 heteroatoms. The van der Waals surface area contributed by atoms with E-state index in [0.29, 0.717) is 0 Å². The van der Waals surface area contributed by atoms with Gasteiger partial charge in [-0.1, -0.05) is 13.0 Å². The van der Waals surface area contributed by atoms with Crippen molar-refractivity contribution in [3.05, 3.63) is 58.9 Å². The molecule has 32 heavy (non-hydrogen) atoms. The lowest BCUT2D eigenvalue weighted by atomic mass is 9.76. The maximum Gasteiger partial charge on any atom is 0.417 e. The molecule has 1 aliphatic rings. The number of hydrogen-bond acceptors (Lipinski definition) is 4. The molecule has 2 heterocycles. The van der Waals surface area contributed by atoms with E-state index < -0.39 is 53.2 Å². The highest BCUT2D eigenvalue weighted by Gasteiger charge is 2.65. The maximum absolute atomic E-state index is 14.2. The zero-order chi connectivity index (χ0) is 24.0. The van der Waals surface area contributed by atoms with Crippen LogP contribution in [0, 0.1) is 24.5 Å². The molecule has 1 saturated heterocycles. The van der Waals surface area contributed by atoms with E-state index in [2.05, 4.69) is 10.3 Å². The van der Waals surface area contributed by atoms with Crippen LogP contribution in [0.1, 0.15) is 41.4 Å². The van der Waals surface area contributed by atoms with Crippen LogP contribution < -0.4 is 11.1 Å². The van der Waals surface area contributed by atoms with Crippen LogP contribution in [0.4, 0.5) is 27.6 Å². The molecule has 1 aliphatic heterocycles. The predicted molar refractivity (Wildman–Crippen MR) is 104 cm³/mol. The Morgan fingerprint density at radius 2 is 1.88 bits per heavy atom. The summed E-state index contributed by atoms with van der Waals surface area (Å²) >= 11 is 0. The van der Waals surface area contributed by atoms with Gasteiger partial charge in [0.2, 0.25) is 0 Å². The van der Waals surface area contributed by atoms with Crippen LogP contribution in [0.15, 0.2) is 30.5 Å². The molecule has 172 valence electrons. The fourth-order valence-electron chi connectivity index (χ4n) is 3.91. The minimum atomic E-state index is -4.85. The number of nitrogens with one attached hydrogen (secondary N) is 1. The molecule has 2 amide bonds. The molecule has 0 bridgehead atoms. The number of aromatic nitrogens is 1. The number of alkyl halides is 3. The van der Waals surface area contributed by atoms with Gasteiger partial charge >= 0.3 is 6.18 Å². The first kappa shape index (κ1) is 23.6. The Morgan fingerprint density at radius 1 is 1.22 bits per heavy atom. The molecule has 3 rings (SSSR count). The maximum atomic E-state index is 14.2. The predicted octanol–water partition coefficient (Wildman–Crippen LogP) is 3.85. The van der Waals surface area contributed by atoms with Crippen LogP contribution in [0.5, 0.6) is 0 Å². The summed E-state index contributed by atoms with van der Waals surface area (Å²) in [6.07, 6.45) is -5.35. The van der Waals surface area contributed by atoms with Gasteiger partial charge in [0.15, 0.2) is 17.2 Å². The van der Waals surface area contributed by atoms with Gasteiger partial charge in [0.25, 0.3) is 11.8 Å². The van der Waals surface area contributed by atoms with E-state index in [-0.39, 0.29) is 22.5 Å². The Labute approximate surface area is 180 Å². The molecule has 3 N–H and O–H groups in total. The second kappa shape index (κ2) is 8.12. The molecular weight excluding hydrogens is 437 g/mol. The van der Waals surface area contributed by atoms with Crippen LogP contribution in [0.3, 0.4) is 0 Å². The largest absolute Gasteiger partial charge is 0.417 e. The van der Waals surface area contributed by atoms with E-state index in [1.165, 1.54) is 26.1 Å². The van der Waals surface area contributed by atoms with Crippen molar-refractivity contribution in [3.63, 3.8) is 0 Å². The Kier molecular flexibility index (Phi) is 5.98. The number of amides is 2. The van der Waals surface area contributed by atoms with Gasteiger partial charge in [-0.2, -0.15) is 13.2 Å². The lowest BCUT2D eigenvalue weighted by molar-refractivity contribution is -0.272. The zero-order valence-electron chi connectivity index (χ0n) is 17.3. The van der Waals surface area contributed by atoms with Gasteiger partial charge in [0.05, 0.1) is 0 Å². The first-order valence-electron chi connectivity index (χ1n) is 9.53. The minimum Gasteiger partial charge on any atom is -0.364 e. The fraction of sp³-hybridized carbons (Fsp3) is 0.381. The Hall–Kier alpha value is -3.08. The van der Waals surface area contributed by atoms with Crippen molar-refractivity contribution >= 4 is 17.5 Å². The summed E-state index contributed by atoms with van der Waals surface area (Å²) in [7, 11) is 0. The van der Waals surface area contributed by atoms with E-state index in [1.54, 1.807) is 0 Å². The summed E-state index contributed by atoms with van der Waals surface area (Å²) in [5, 5.41) is 2.39. The molecule has 1 aromatic carbocycles. The van der Waals surface area contributed by atoms with Gasteiger partial charge in [-0.05, 0) is 43.2 Å². The van der Waals surface area contributed by atoms with Crippen LogP contribution in [-0.4, -0.2) is 34.7 Å². The molecule has 0 radical (unpaired) electrons. The highest BCUT2D eigenvalue weighted by Crippen LogP contribution is 2.54. The first-order chi connectivity index (χ1) is 14.8. The molecular formula is C21H20F5N3O3. The number of pyridine rings is 1. The van der Waals surface area contributed by atoms with Crippen LogP contribution >= 0.6 is 0 Å². The van der Waals surface area contributed by atoms with Crippen molar-refractivity contribution < 1.29 is 36.3 Å². The Balaban J connectivity index is 2.05. The van der Waals surface area contributed by atoms with E-state index in [4.69, 9.17) is 10.5 Å². The molecule has 1 aromatic heterocycles. The number of primary amides is 1. The summed E-state index contributed by atoms with van der Waals surface area (Å²) in [6, 6.07) is 4.41. The fourth-order valence-corrected chi connectivity index (χ4v) is 3.91. The SMILES string of the molecule is Cc1c(C2C(C(=O)Nc3ccnc(C(N)=O)c3)OC(C)(C(F)(F)F)C2C)ccc(F)c1F. The van der Waals surface area contributed by atoms with Crippen molar-refractivity contribution in [2.75, 3.05) is 5.32 Å². The van der Waals surface area contributed by atoms with Gasteiger partial charge in [0.1, 0.15) is 11.8 Å². The molecule has 0 aliphatic carbocycles. The monoisotopic (exact) mass is 457 g/mol. The van der Waals surface area contributed by atoms with Crippen molar-refractivity contribution in [1.29, 1.82) is 0 Å². The van der Waals surface area contributed by atoms with Gasteiger partial charge < -0.3 is 15.8 Å². The number of anilines is 1. The Morgan fingerprint density at radius 3 is 2.47 bits per heavy atom. The second-order valence-corrected chi connectivity index (χ2v) is 7.82. The number of nitrogens with zero attached hydrogens (tertiary/aromatic N) is 1. The minimum absolute atomic E-state index is 0.0251. The zero-order valence-corrected chi connectivity index (χ0v) is 17.3. The molecule has 0 spiro atoms. The number of benzene rings is 1. The van der Waals surface area contributed by atoms with Crippen LogP contribution in [0.2, 0.25) is 0 Å². The summed E-state index contributed by atoms with van der Waals surface area (Å²) in [6.45, 7) is 3.27. The number of carbonyl (C=O) groups is 2. The van der Waals surface area contributed by atoms with E-state index in [9.17, 15) is 31.5 Å². The number of ether oxygens (including phenoxy) is 1. The van der Waals surface area contributed by atoms with E-state index in [0.717, 1.165) is 25.1 Å². The molecule has 1 fully saturated rings. The van der Waals surface area contributed by atoms with Gasteiger partial charge in [0, 0.05) is 23.7 Å². The summed E-state index contributed by atoms with van der Waals surface area (Å²) in [5.41, 5.74) is 2.11. The van der Waals surface area contributed by atoms with Crippen molar-refractivity contribution in [1.82, 2.24) is 4.98 Å². The third-order valence-electron chi connectivity index (χ3n) is 5.95. The van der Waals surface area contributed by atoms with Crippen molar-refractivity contribution in [2.45, 2.75) is 44.6 Å². The van der Waals surface area contributed by atoms with E-state index in [1.807, 2.05) is 0 Å². The molecule has 4 atom stereocenters. The Bertz CT molecular complexity index is 1080. The second-order valence-electron chi connectivity index (χ2n) is 7.82. The number of nitrogens with two attached hydrogens (primary N) is 1. The van der Waals surface area contributed by atoms with Gasteiger partial charge in [-0.3, -0.25) is 14.6 Å². The highest BCUT2D eigenvalue weighted by atomic mass is 19.4. The van der Waals surface area contributed by atoms with E-state index >= 15 is 0 Å². The van der Waals surface area contributed by atoms with Gasteiger partial charge in [-0.25, -0.2) is 8.78 Å². The first-order valence-corrected chi connectivity index (χ1v) is 9.53. The average molecular weight is 457 g/mol. The summed E-state index contributed by atoms with van der Waals surface area (Å²) < 4.78 is 74.7. The topological polar surface area (TPSA) is 94.3 Å². The van der Waals surface area contributed by atoms with Crippen molar-refractivity contribution in [2.24, 2.45) is 11.7 Å². The van der Waals surface area contributed by atoms with Crippen molar-refractivity contribution in [3.8, 4) is 0 Å². The molecule has 0 saturated carbocycles. The number of rotatable bonds is 4. The van der Waals surface area contributed by atoms with Crippen LogP contribution in [-0.2, 0) is 9.53 Å². The lowest BCUT2D eigenvalue weighted by Crippen LogP contribution is -2.47. The average Bonchev–Trinajstić information content (AvgIpc) is 2.99. The smallest absolute Gasteiger partial charge is 0.364 e.